The molecule has 1 aliphatic heterocycles. The van der Waals surface area contributed by atoms with Crippen molar-refractivity contribution in [2.24, 2.45) is 0 Å². The van der Waals surface area contributed by atoms with Gasteiger partial charge in [0.2, 0.25) is 0 Å². The van der Waals surface area contributed by atoms with Crippen LogP contribution in [0.4, 0.5) is 0 Å². The van der Waals surface area contributed by atoms with Crippen LogP contribution in [0.5, 0.6) is 0 Å². The van der Waals surface area contributed by atoms with Gasteiger partial charge in [-0.1, -0.05) is 69.2 Å². The highest BCUT2D eigenvalue weighted by molar-refractivity contribution is 7.98. The van der Waals surface area contributed by atoms with Crippen molar-refractivity contribution in [2.45, 2.75) is 68.3 Å². The van der Waals surface area contributed by atoms with Gasteiger partial charge in [0.05, 0.1) is 11.6 Å². The normalized spacial score (nSPS) is 20.6. The van der Waals surface area contributed by atoms with Gasteiger partial charge in [-0.3, -0.25) is 4.90 Å². The van der Waals surface area contributed by atoms with Gasteiger partial charge in [0.25, 0.3) is 0 Å². The molecule has 170 valence electrons. The molecular formula is C26H35N5S. The lowest BCUT2D eigenvalue weighted by Crippen LogP contribution is -2.40. The third kappa shape index (κ3) is 4.48. The first-order valence-electron chi connectivity index (χ1n) is 11.7. The van der Waals surface area contributed by atoms with E-state index >= 15 is 0 Å². The summed E-state index contributed by atoms with van der Waals surface area (Å²) in [7, 11) is 0. The molecule has 1 aliphatic carbocycles. The minimum atomic E-state index is -0.0406. The quantitative estimate of drug-likeness (QED) is 0.387. The molecule has 1 aromatic carbocycles. The molecule has 1 fully saturated rings. The van der Waals surface area contributed by atoms with Crippen molar-refractivity contribution in [2.75, 3.05) is 19.3 Å². The Balaban J connectivity index is 1.82. The average Bonchev–Trinajstić information content (AvgIpc) is 3.21. The predicted molar refractivity (Wildman–Crippen MR) is 133 cm³/mol. The summed E-state index contributed by atoms with van der Waals surface area (Å²) < 4.78 is 2.17. The molecule has 2 aromatic rings. The number of allylic oxidation sites excluding steroid dienone is 1. The Labute approximate surface area is 196 Å². The first-order chi connectivity index (χ1) is 15.6. The maximum Gasteiger partial charge on any atom is 0.173 e. The van der Waals surface area contributed by atoms with E-state index in [9.17, 15) is 0 Å². The van der Waals surface area contributed by atoms with Gasteiger partial charge in [0.15, 0.2) is 5.82 Å². The Morgan fingerprint density at radius 1 is 1.06 bits per heavy atom. The zero-order valence-electron chi connectivity index (χ0n) is 19.5. The Morgan fingerprint density at radius 3 is 2.47 bits per heavy atom. The lowest BCUT2D eigenvalue weighted by molar-refractivity contribution is 0.188. The second-order valence-electron chi connectivity index (χ2n) is 9.18. The second-order valence-corrected chi connectivity index (χ2v) is 10.0. The smallest absolute Gasteiger partial charge is 0.173 e. The van der Waals surface area contributed by atoms with Crippen molar-refractivity contribution in [3.05, 3.63) is 72.1 Å². The topological polar surface area (TPSA) is 46.8 Å². The SMILES string of the molecule is C=CC1=C(C=C)CN(C(c2ccccc2SC)c2nnnn2C2(C)CCCCCC2)CC1. The number of tetrazole rings is 1. The molecule has 0 spiro atoms. The lowest BCUT2D eigenvalue weighted by Gasteiger charge is -2.38. The summed E-state index contributed by atoms with van der Waals surface area (Å²) in [6.45, 7) is 12.2. The summed E-state index contributed by atoms with van der Waals surface area (Å²) in [5, 5.41) is 13.5. The Hall–Kier alpha value is -2.18. The Kier molecular flexibility index (Phi) is 7.31. The third-order valence-electron chi connectivity index (χ3n) is 7.18. The van der Waals surface area contributed by atoms with Crippen LogP contribution >= 0.6 is 11.8 Å². The number of nitrogens with zero attached hydrogens (tertiary/aromatic N) is 5. The van der Waals surface area contributed by atoms with Gasteiger partial charge in [-0.2, -0.15) is 0 Å². The van der Waals surface area contributed by atoms with Crippen LogP contribution in [-0.2, 0) is 5.54 Å². The molecule has 1 atom stereocenters. The van der Waals surface area contributed by atoms with E-state index < -0.39 is 0 Å². The van der Waals surface area contributed by atoms with E-state index in [1.54, 1.807) is 11.8 Å². The molecule has 0 radical (unpaired) electrons. The number of hydrogen-bond donors (Lipinski definition) is 0. The monoisotopic (exact) mass is 449 g/mol. The Bertz CT molecular complexity index is 984. The molecule has 5 nitrogen and oxygen atoms in total. The summed E-state index contributed by atoms with van der Waals surface area (Å²) in [6.07, 6.45) is 14.4. The van der Waals surface area contributed by atoms with Gasteiger partial charge in [0, 0.05) is 18.0 Å². The lowest BCUT2D eigenvalue weighted by atomic mass is 9.91. The molecule has 0 bridgehead atoms. The van der Waals surface area contributed by atoms with E-state index in [4.69, 9.17) is 0 Å². The van der Waals surface area contributed by atoms with Gasteiger partial charge >= 0.3 is 0 Å². The van der Waals surface area contributed by atoms with Crippen molar-refractivity contribution >= 4 is 11.8 Å². The van der Waals surface area contributed by atoms with Crippen LogP contribution in [0.2, 0.25) is 0 Å². The molecule has 0 amide bonds. The second kappa shape index (κ2) is 10.2. The minimum Gasteiger partial charge on any atom is -0.285 e. The molecular weight excluding hydrogens is 414 g/mol. The molecule has 1 unspecified atom stereocenters. The summed E-state index contributed by atoms with van der Waals surface area (Å²) in [5.74, 6) is 0.960. The maximum absolute atomic E-state index is 4.67. The van der Waals surface area contributed by atoms with Gasteiger partial charge in [-0.05, 0) is 65.6 Å². The predicted octanol–water partition coefficient (Wildman–Crippen LogP) is 5.93. The third-order valence-corrected chi connectivity index (χ3v) is 7.99. The van der Waals surface area contributed by atoms with Crippen LogP contribution < -0.4 is 0 Å². The van der Waals surface area contributed by atoms with Crippen molar-refractivity contribution in [1.82, 2.24) is 25.1 Å². The van der Waals surface area contributed by atoms with E-state index in [1.807, 2.05) is 12.2 Å². The van der Waals surface area contributed by atoms with Gasteiger partial charge in [0.1, 0.15) is 0 Å². The van der Waals surface area contributed by atoms with E-state index in [2.05, 4.69) is 75.7 Å². The van der Waals surface area contributed by atoms with E-state index in [-0.39, 0.29) is 11.6 Å². The maximum atomic E-state index is 4.67. The highest BCUT2D eigenvalue weighted by atomic mass is 32.2. The van der Waals surface area contributed by atoms with Crippen LogP contribution in [0.3, 0.4) is 0 Å². The first kappa shape index (κ1) is 23.0. The van der Waals surface area contributed by atoms with E-state index in [1.165, 1.54) is 47.3 Å². The highest BCUT2D eigenvalue weighted by Crippen LogP contribution is 2.40. The molecule has 4 rings (SSSR count). The van der Waals surface area contributed by atoms with Gasteiger partial charge in [-0.15, -0.1) is 16.9 Å². The zero-order valence-corrected chi connectivity index (χ0v) is 20.3. The Morgan fingerprint density at radius 2 is 1.78 bits per heavy atom. The molecule has 2 aliphatic rings. The molecule has 1 saturated carbocycles. The van der Waals surface area contributed by atoms with Crippen molar-refractivity contribution in [1.29, 1.82) is 0 Å². The average molecular weight is 450 g/mol. The first-order valence-corrected chi connectivity index (χ1v) is 13.0. The van der Waals surface area contributed by atoms with Crippen LogP contribution in [-0.4, -0.2) is 44.5 Å². The van der Waals surface area contributed by atoms with Gasteiger partial charge in [-0.25, -0.2) is 4.68 Å². The van der Waals surface area contributed by atoms with Crippen LogP contribution in [0.25, 0.3) is 0 Å². The fraction of sp³-hybridized carbons (Fsp3) is 0.500. The summed E-state index contributed by atoms with van der Waals surface area (Å²) >= 11 is 1.79. The molecule has 0 saturated heterocycles. The fourth-order valence-corrected chi connectivity index (χ4v) is 5.95. The minimum absolute atomic E-state index is 0.00459. The largest absolute Gasteiger partial charge is 0.285 e. The number of aromatic nitrogens is 4. The zero-order chi connectivity index (χ0) is 22.6. The van der Waals surface area contributed by atoms with Crippen LogP contribution in [0.15, 0.2) is 65.6 Å². The molecule has 32 heavy (non-hydrogen) atoms. The standard InChI is InChI=1S/C26H35N5S/c1-5-20-15-18-30(19-21(20)6-2)24(22-13-9-10-14-23(22)32-4)25-27-28-29-31(25)26(3)16-11-7-8-12-17-26/h5-6,9-10,13-14,24H,1-2,7-8,11-12,15-19H2,3-4H3. The van der Waals surface area contributed by atoms with E-state index in [0.717, 1.165) is 38.2 Å². The van der Waals surface area contributed by atoms with Crippen molar-refractivity contribution in [3.63, 3.8) is 0 Å². The number of hydrogen-bond acceptors (Lipinski definition) is 5. The van der Waals surface area contributed by atoms with Crippen LogP contribution in [0.1, 0.15) is 69.3 Å². The summed E-state index contributed by atoms with van der Waals surface area (Å²) in [4.78, 5) is 3.79. The molecule has 6 heteroatoms. The van der Waals surface area contributed by atoms with Crippen molar-refractivity contribution in [3.8, 4) is 0 Å². The molecule has 0 N–H and O–H groups in total. The van der Waals surface area contributed by atoms with Gasteiger partial charge < -0.3 is 0 Å². The van der Waals surface area contributed by atoms with E-state index in [0.29, 0.717) is 0 Å². The summed E-state index contributed by atoms with van der Waals surface area (Å²) in [5.41, 5.74) is 3.78. The number of thioether (sulfide) groups is 1. The number of benzene rings is 1. The molecule has 2 heterocycles. The fourth-order valence-electron chi connectivity index (χ4n) is 5.32. The number of rotatable bonds is 7. The highest BCUT2D eigenvalue weighted by Gasteiger charge is 2.37. The van der Waals surface area contributed by atoms with Crippen LogP contribution in [0, 0.1) is 0 Å². The van der Waals surface area contributed by atoms with Crippen molar-refractivity contribution < 1.29 is 0 Å². The summed E-state index contributed by atoms with van der Waals surface area (Å²) in [6, 6.07) is 8.69. The molecule has 1 aromatic heterocycles.